The smallest absolute Gasteiger partial charge is 0.0594 e. The first kappa shape index (κ1) is 18.9. The Hall–Kier alpha value is -1.15. The minimum atomic E-state index is -0.103. The Bertz CT molecular complexity index is 772. The highest BCUT2D eigenvalue weighted by atomic mass is 16.3. The van der Waals surface area contributed by atoms with Crippen LogP contribution in [0.15, 0.2) is 30.6 Å². The maximum atomic E-state index is 10.7. The third-order valence-electron chi connectivity index (χ3n) is 10.0. The van der Waals surface area contributed by atoms with Gasteiger partial charge in [-0.1, -0.05) is 39.8 Å². The van der Waals surface area contributed by atoms with Crippen LogP contribution in [0.25, 0.3) is 5.57 Å². The van der Waals surface area contributed by atoms with Gasteiger partial charge in [0.05, 0.1) is 6.10 Å². The molecule has 1 heterocycles. The molecule has 0 aromatic carbocycles. The van der Waals surface area contributed by atoms with Crippen molar-refractivity contribution in [2.75, 3.05) is 0 Å². The first-order valence-electron chi connectivity index (χ1n) is 11.7. The van der Waals surface area contributed by atoms with Gasteiger partial charge in [-0.25, -0.2) is 0 Å². The van der Waals surface area contributed by atoms with Crippen LogP contribution in [-0.4, -0.2) is 16.2 Å². The SMILES string of the molecule is CC1C[C@@]2(C)C(CC[C@@H]3[C@@H]2CC[C@]2(C)C(c4cccnc4)=CC[C@@H]32)C(C)C1O. The molecule has 5 rings (SSSR count). The van der Waals surface area contributed by atoms with Crippen LogP contribution < -0.4 is 0 Å². The number of fused-ring (bicyclic) bond motifs is 5. The molecular weight excluding hydrogens is 342 g/mol. The van der Waals surface area contributed by atoms with Crippen LogP contribution in [0.5, 0.6) is 0 Å². The van der Waals surface area contributed by atoms with Crippen molar-refractivity contribution in [3.05, 3.63) is 36.2 Å². The standard InChI is InChI=1S/C26H37NO/c1-16-14-26(4)20(17(2)24(16)28)8-7-19-22-10-9-21(18-6-5-13-27-15-18)25(22,3)12-11-23(19)26/h5-6,9,13,15-17,19-20,22-24,28H,7-8,10-12,14H2,1-4H3/t16?,17?,19-,20?,22-,23-,24?,25+,26-/m0/s1. The molecule has 4 aliphatic carbocycles. The van der Waals surface area contributed by atoms with Gasteiger partial charge >= 0.3 is 0 Å². The molecular formula is C26H37NO. The zero-order valence-electron chi connectivity index (χ0n) is 18.1. The zero-order chi connectivity index (χ0) is 19.7. The molecule has 1 aromatic rings. The highest BCUT2D eigenvalue weighted by Gasteiger charge is 2.60. The number of aromatic nitrogens is 1. The van der Waals surface area contributed by atoms with Crippen molar-refractivity contribution in [3.8, 4) is 0 Å². The monoisotopic (exact) mass is 379 g/mol. The highest BCUT2D eigenvalue weighted by molar-refractivity contribution is 5.72. The Morgan fingerprint density at radius 3 is 2.64 bits per heavy atom. The summed E-state index contributed by atoms with van der Waals surface area (Å²) in [6, 6.07) is 4.34. The second kappa shape index (κ2) is 6.42. The lowest BCUT2D eigenvalue weighted by molar-refractivity contribution is -0.156. The molecule has 4 unspecified atom stereocenters. The highest BCUT2D eigenvalue weighted by Crippen LogP contribution is 2.68. The number of hydrogen-bond donors (Lipinski definition) is 1. The molecule has 2 nitrogen and oxygen atoms in total. The summed E-state index contributed by atoms with van der Waals surface area (Å²) in [5.41, 5.74) is 3.64. The van der Waals surface area contributed by atoms with Crippen molar-refractivity contribution in [3.63, 3.8) is 0 Å². The summed E-state index contributed by atoms with van der Waals surface area (Å²) in [4.78, 5) is 4.40. The lowest BCUT2D eigenvalue weighted by Gasteiger charge is -2.63. The summed E-state index contributed by atoms with van der Waals surface area (Å²) < 4.78 is 0. The van der Waals surface area contributed by atoms with Crippen LogP contribution in [0.4, 0.5) is 0 Å². The third-order valence-corrected chi connectivity index (χ3v) is 10.0. The van der Waals surface area contributed by atoms with E-state index in [1.165, 1.54) is 44.1 Å². The predicted molar refractivity (Wildman–Crippen MR) is 114 cm³/mol. The molecule has 0 saturated heterocycles. The van der Waals surface area contributed by atoms with Gasteiger partial charge in [0.15, 0.2) is 0 Å². The van der Waals surface area contributed by atoms with Gasteiger partial charge in [-0.05, 0) is 102 Å². The number of pyridine rings is 1. The number of hydrogen-bond acceptors (Lipinski definition) is 2. The second-order valence-electron chi connectivity index (χ2n) is 11.1. The normalized spacial score (nSPS) is 50.3. The number of aliphatic hydroxyl groups is 1. The molecule has 0 radical (unpaired) electrons. The minimum absolute atomic E-state index is 0.103. The molecule has 1 N–H and O–H groups in total. The number of rotatable bonds is 1. The van der Waals surface area contributed by atoms with Gasteiger partial charge in [-0.15, -0.1) is 0 Å². The lowest BCUT2D eigenvalue weighted by Crippen LogP contribution is -2.57. The van der Waals surface area contributed by atoms with Crippen LogP contribution in [0.1, 0.15) is 71.8 Å². The molecule has 3 fully saturated rings. The van der Waals surface area contributed by atoms with E-state index in [4.69, 9.17) is 0 Å². The minimum Gasteiger partial charge on any atom is -0.393 e. The van der Waals surface area contributed by atoms with Crippen molar-refractivity contribution in [1.29, 1.82) is 0 Å². The van der Waals surface area contributed by atoms with Crippen LogP contribution >= 0.6 is 0 Å². The number of allylic oxidation sites excluding steroid dienone is 2. The molecule has 28 heavy (non-hydrogen) atoms. The molecule has 2 heteroatoms. The summed E-state index contributed by atoms with van der Waals surface area (Å²) in [5, 5.41) is 10.7. The Morgan fingerprint density at radius 1 is 1.07 bits per heavy atom. The Kier molecular flexibility index (Phi) is 4.32. The van der Waals surface area contributed by atoms with E-state index >= 15 is 0 Å². The fourth-order valence-corrected chi connectivity index (χ4v) is 8.76. The quantitative estimate of drug-likeness (QED) is 0.652. The van der Waals surface area contributed by atoms with Crippen molar-refractivity contribution in [2.24, 2.45) is 46.3 Å². The number of nitrogens with zero attached hydrogens (tertiary/aromatic N) is 1. The molecule has 0 bridgehead atoms. The van der Waals surface area contributed by atoms with E-state index in [0.717, 1.165) is 17.8 Å². The summed E-state index contributed by atoms with van der Waals surface area (Å²) in [7, 11) is 0. The van der Waals surface area contributed by atoms with E-state index in [1.807, 2.05) is 6.20 Å². The van der Waals surface area contributed by atoms with Gasteiger partial charge in [-0.2, -0.15) is 0 Å². The van der Waals surface area contributed by atoms with Crippen molar-refractivity contribution in [1.82, 2.24) is 4.98 Å². The number of aliphatic hydroxyl groups excluding tert-OH is 1. The summed E-state index contributed by atoms with van der Waals surface area (Å²) in [5.74, 6) is 4.07. The van der Waals surface area contributed by atoms with E-state index in [2.05, 4.69) is 57.1 Å². The van der Waals surface area contributed by atoms with Crippen molar-refractivity contribution >= 4 is 5.57 Å². The lowest BCUT2D eigenvalue weighted by atomic mass is 9.42. The maximum Gasteiger partial charge on any atom is 0.0594 e. The molecule has 0 amide bonds. The Balaban J connectivity index is 1.46. The molecule has 3 saturated carbocycles. The third kappa shape index (κ3) is 2.46. The van der Waals surface area contributed by atoms with Gasteiger partial charge in [0, 0.05) is 12.4 Å². The molecule has 4 aliphatic rings. The summed E-state index contributed by atoms with van der Waals surface area (Å²) in [6.07, 6.45) is 14.2. The molecule has 0 aliphatic heterocycles. The van der Waals surface area contributed by atoms with Crippen LogP contribution in [-0.2, 0) is 0 Å². The largest absolute Gasteiger partial charge is 0.393 e. The zero-order valence-corrected chi connectivity index (χ0v) is 18.1. The van der Waals surface area contributed by atoms with Crippen molar-refractivity contribution in [2.45, 2.75) is 72.3 Å². The average molecular weight is 380 g/mol. The average Bonchev–Trinajstić information content (AvgIpc) is 3.04. The van der Waals surface area contributed by atoms with E-state index in [0.29, 0.717) is 28.6 Å². The van der Waals surface area contributed by atoms with Gasteiger partial charge in [0.1, 0.15) is 0 Å². The Labute approximate surface area is 170 Å². The van der Waals surface area contributed by atoms with E-state index in [1.54, 1.807) is 5.57 Å². The van der Waals surface area contributed by atoms with Gasteiger partial charge in [-0.3, -0.25) is 4.98 Å². The fourth-order valence-electron chi connectivity index (χ4n) is 8.76. The van der Waals surface area contributed by atoms with Crippen molar-refractivity contribution < 1.29 is 5.11 Å². The van der Waals surface area contributed by atoms with Crippen LogP contribution in [0.3, 0.4) is 0 Å². The van der Waals surface area contributed by atoms with Gasteiger partial charge in [0.2, 0.25) is 0 Å². The van der Waals surface area contributed by atoms with Crippen LogP contribution in [0, 0.1) is 46.3 Å². The molecule has 1 aromatic heterocycles. The van der Waals surface area contributed by atoms with Crippen LogP contribution in [0.2, 0.25) is 0 Å². The summed E-state index contributed by atoms with van der Waals surface area (Å²) >= 11 is 0. The topological polar surface area (TPSA) is 33.1 Å². The second-order valence-corrected chi connectivity index (χ2v) is 11.1. The van der Waals surface area contributed by atoms with Gasteiger partial charge in [0.25, 0.3) is 0 Å². The van der Waals surface area contributed by atoms with Gasteiger partial charge < -0.3 is 5.11 Å². The fraction of sp³-hybridized carbons (Fsp3) is 0.731. The first-order chi connectivity index (χ1) is 13.4. The maximum absolute atomic E-state index is 10.7. The molecule has 0 spiro atoms. The first-order valence-corrected chi connectivity index (χ1v) is 11.7. The molecule has 152 valence electrons. The van der Waals surface area contributed by atoms with E-state index < -0.39 is 0 Å². The Morgan fingerprint density at radius 2 is 1.89 bits per heavy atom. The van der Waals surface area contributed by atoms with E-state index in [-0.39, 0.29) is 6.10 Å². The predicted octanol–water partition coefficient (Wildman–Crippen LogP) is 5.97. The van der Waals surface area contributed by atoms with E-state index in [9.17, 15) is 5.11 Å². The molecule has 9 atom stereocenters. The summed E-state index contributed by atoms with van der Waals surface area (Å²) in [6.45, 7) is 9.76.